The minimum absolute atomic E-state index is 0. The quantitative estimate of drug-likeness (QED) is 0.355. The van der Waals surface area contributed by atoms with E-state index in [9.17, 15) is 14.0 Å². The molecule has 2 aromatic rings. The van der Waals surface area contributed by atoms with E-state index in [1.54, 1.807) is 18.2 Å². The molecule has 0 radical (unpaired) electrons. The number of hydrogen-bond acceptors (Lipinski definition) is 4. The molecule has 0 atom stereocenters. The van der Waals surface area contributed by atoms with Gasteiger partial charge in [-0.25, -0.2) is 0 Å². The standard InChI is InChI=1S/C13H12AsNO5.Na/c16-12-4-2-1-3-9(12)8-15-11-7-10(14(18,19)20)5-6-13(11)17;/h1-8,16-17H,(H2,18,19,20);/q;+1. The van der Waals surface area contributed by atoms with Gasteiger partial charge in [0.2, 0.25) is 0 Å². The van der Waals surface area contributed by atoms with Gasteiger partial charge in [-0.15, -0.1) is 0 Å². The normalized spacial score (nSPS) is 11.3. The Labute approximate surface area is 146 Å². The molecule has 2 aromatic carbocycles. The van der Waals surface area contributed by atoms with Gasteiger partial charge in [-0.2, -0.15) is 0 Å². The smallest absolute Gasteiger partial charge is 1.00 e. The topological polar surface area (TPSA) is 110 Å². The Kier molecular flexibility index (Phi) is 6.28. The van der Waals surface area contributed by atoms with Crippen molar-refractivity contribution in [3.05, 3.63) is 48.0 Å². The van der Waals surface area contributed by atoms with Crippen molar-refractivity contribution in [2.75, 3.05) is 0 Å². The summed E-state index contributed by atoms with van der Waals surface area (Å²) in [7, 11) is 0. The maximum absolute atomic E-state index is 11.2. The average Bonchev–Trinajstić information content (AvgIpc) is 2.38. The minimum atomic E-state index is -5.03. The molecule has 0 fully saturated rings. The van der Waals surface area contributed by atoms with Crippen molar-refractivity contribution in [2.45, 2.75) is 0 Å². The van der Waals surface area contributed by atoms with Crippen LogP contribution in [0.5, 0.6) is 11.5 Å². The molecular formula is C13H12AsNNaO5+. The molecule has 0 unspecified atom stereocenters. The monoisotopic (exact) mass is 360 g/mol. The van der Waals surface area contributed by atoms with Gasteiger partial charge in [0, 0.05) is 0 Å². The van der Waals surface area contributed by atoms with Crippen molar-refractivity contribution in [1.82, 2.24) is 0 Å². The van der Waals surface area contributed by atoms with Gasteiger partial charge in [0.1, 0.15) is 0 Å². The van der Waals surface area contributed by atoms with Gasteiger partial charge in [-0.1, -0.05) is 0 Å². The zero-order chi connectivity index (χ0) is 14.8. The summed E-state index contributed by atoms with van der Waals surface area (Å²) in [5.74, 6) is -0.185. The molecule has 0 aromatic heterocycles. The van der Waals surface area contributed by atoms with Crippen molar-refractivity contribution < 1.29 is 51.7 Å². The van der Waals surface area contributed by atoms with E-state index in [1.165, 1.54) is 18.3 Å². The van der Waals surface area contributed by atoms with Gasteiger partial charge >= 0.3 is 147 Å². The van der Waals surface area contributed by atoms with Crippen LogP contribution in [0.2, 0.25) is 0 Å². The Hall–Kier alpha value is -1.01. The third kappa shape index (κ3) is 4.74. The third-order valence-corrected chi connectivity index (χ3v) is 4.57. The molecule has 0 saturated carbocycles. The number of nitrogens with zero attached hydrogens (tertiary/aromatic N) is 1. The summed E-state index contributed by atoms with van der Waals surface area (Å²) in [5, 5.41) is 19.2. The number of phenols is 2. The summed E-state index contributed by atoms with van der Waals surface area (Å²) in [6.07, 6.45) is 1.31. The van der Waals surface area contributed by atoms with Crippen LogP contribution in [-0.4, -0.2) is 38.8 Å². The Morgan fingerprint density at radius 2 is 1.67 bits per heavy atom. The predicted molar refractivity (Wildman–Crippen MR) is 74.0 cm³/mol. The predicted octanol–water partition coefficient (Wildman–Crippen LogP) is -2.59. The first-order valence-corrected chi connectivity index (χ1v) is 8.97. The zero-order valence-electron chi connectivity index (χ0n) is 11.2. The number of rotatable bonds is 3. The van der Waals surface area contributed by atoms with Gasteiger partial charge in [-0.05, 0) is 0 Å². The van der Waals surface area contributed by atoms with Crippen molar-refractivity contribution in [1.29, 1.82) is 0 Å². The van der Waals surface area contributed by atoms with Gasteiger partial charge in [0.05, 0.1) is 0 Å². The molecule has 0 saturated heterocycles. The van der Waals surface area contributed by atoms with E-state index in [0.29, 0.717) is 5.56 Å². The fourth-order valence-electron chi connectivity index (χ4n) is 1.53. The largest absolute Gasteiger partial charge is 1.00 e. The van der Waals surface area contributed by atoms with Crippen LogP contribution in [0.1, 0.15) is 5.56 Å². The van der Waals surface area contributed by atoms with Gasteiger partial charge < -0.3 is 0 Å². The van der Waals surface area contributed by atoms with E-state index in [0.717, 1.165) is 12.1 Å². The Balaban J connectivity index is 0.00000220. The molecule has 8 heteroatoms. The van der Waals surface area contributed by atoms with Crippen molar-refractivity contribution in [2.24, 2.45) is 4.99 Å². The first-order chi connectivity index (χ1) is 9.38. The summed E-state index contributed by atoms with van der Waals surface area (Å²) >= 11 is -5.03. The van der Waals surface area contributed by atoms with E-state index in [-0.39, 0.29) is 51.1 Å². The molecule has 104 valence electrons. The summed E-state index contributed by atoms with van der Waals surface area (Å²) in [5.41, 5.74) is 0.453. The number of phenolic OH excluding ortho intramolecular Hbond substituents is 2. The van der Waals surface area contributed by atoms with Crippen LogP contribution in [-0.2, 0) is 3.74 Å². The van der Waals surface area contributed by atoms with Crippen LogP contribution < -0.4 is 33.9 Å². The maximum atomic E-state index is 11.2. The second-order valence-electron chi connectivity index (χ2n) is 4.03. The summed E-state index contributed by atoms with van der Waals surface area (Å²) in [6.45, 7) is 0. The van der Waals surface area contributed by atoms with E-state index < -0.39 is 14.2 Å². The Morgan fingerprint density at radius 1 is 1.00 bits per heavy atom. The van der Waals surface area contributed by atoms with Crippen molar-refractivity contribution in [3.63, 3.8) is 0 Å². The second kappa shape index (κ2) is 7.31. The molecule has 0 aliphatic heterocycles. The van der Waals surface area contributed by atoms with Crippen LogP contribution in [0.25, 0.3) is 0 Å². The van der Waals surface area contributed by atoms with E-state index in [4.69, 9.17) is 8.19 Å². The summed E-state index contributed by atoms with van der Waals surface area (Å²) < 4.78 is 29.3. The number of hydrogen-bond donors (Lipinski definition) is 4. The SMILES string of the molecule is O=[As](O)(O)c1ccc(O)c(N=Cc2ccccc2O)c1.[Na+]. The second-order valence-corrected chi connectivity index (χ2v) is 7.40. The molecule has 0 amide bonds. The Bertz CT molecular complexity index is 713. The molecule has 0 aliphatic carbocycles. The van der Waals surface area contributed by atoms with Crippen LogP contribution in [0.15, 0.2) is 47.5 Å². The summed E-state index contributed by atoms with van der Waals surface area (Å²) in [4.78, 5) is 3.94. The van der Waals surface area contributed by atoms with E-state index >= 15 is 0 Å². The first-order valence-electron chi connectivity index (χ1n) is 5.59. The third-order valence-electron chi connectivity index (χ3n) is 2.57. The summed E-state index contributed by atoms with van der Waals surface area (Å²) in [6, 6.07) is 9.92. The maximum Gasteiger partial charge on any atom is 1.00 e. The van der Waals surface area contributed by atoms with Crippen LogP contribution in [0, 0.1) is 0 Å². The van der Waals surface area contributed by atoms with Crippen LogP contribution in [0.3, 0.4) is 0 Å². The fraction of sp³-hybridized carbons (Fsp3) is 0. The molecule has 2 rings (SSSR count). The molecule has 0 bridgehead atoms. The van der Waals surface area contributed by atoms with Crippen molar-refractivity contribution >= 4 is 30.4 Å². The number of aromatic hydroxyl groups is 2. The molecule has 0 spiro atoms. The molecule has 4 N–H and O–H groups in total. The number of para-hydroxylation sites is 1. The minimum Gasteiger partial charge on any atom is 1.00 e. The average molecular weight is 360 g/mol. The van der Waals surface area contributed by atoms with E-state index in [2.05, 4.69) is 4.99 Å². The Morgan fingerprint density at radius 3 is 2.29 bits per heavy atom. The molecule has 21 heavy (non-hydrogen) atoms. The fourth-order valence-corrected chi connectivity index (χ4v) is 2.71. The van der Waals surface area contributed by atoms with Gasteiger partial charge in [-0.3, -0.25) is 0 Å². The molecule has 6 nitrogen and oxygen atoms in total. The van der Waals surface area contributed by atoms with Gasteiger partial charge in [0.25, 0.3) is 0 Å². The zero-order valence-corrected chi connectivity index (χ0v) is 15.1. The molecule has 0 heterocycles. The van der Waals surface area contributed by atoms with E-state index in [1.807, 2.05) is 0 Å². The number of benzene rings is 2. The van der Waals surface area contributed by atoms with Crippen LogP contribution >= 0.6 is 0 Å². The van der Waals surface area contributed by atoms with Gasteiger partial charge in [0.15, 0.2) is 0 Å². The van der Waals surface area contributed by atoms with Crippen molar-refractivity contribution in [3.8, 4) is 11.5 Å². The molecule has 0 aliphatic rings. The number of aliphatic imine (C=N–C) groups is 1. The molecular weight excluding hydrogens is 348 g/mol. The first kappa shape index (κ1) is 18.0. The van der Waals surface area contributed by atoms with Crippen LogP contribution in [0.4, 0.5) is 5.69 Å².